The van der Waals surface area contributed by atoms with Crippen molar-refractivity contribution >= 4 is 43.6 Å². The van der Waals surface area contributed by atoms with E-state index in [9.17, 15) is 9.59 Å². The third-order valence-electron chi connectivity index (χ3n) is 2.31. The van der Waals surface area contributed by atoms with Gasteiger partial charge in [0.25, 0.3) is 0 Å². The Morgan fingerprint density at radius 1 is 1.41 bits per heavy atom. The number of esters is 1. The molecule has 0 spiro atoms. The minimum Gasteiger partial charge on any atom is -0.465 e. The second-order valence-electron chi connectivity index (χ2n) is 3.45. The monoisotopic (exact) mass is 362 g/mol. The smallest absolute Gasteiger partial charge is 0.338 e. The molecule has 1 aromatic rings. The average Bonchev–Trinajstić information content (AvgIpc) is 2.35. The number of methoxy groups -OCH3 is 1. The van der Waals surface area contributed by atoms with Crippen LogP contribution in [-0.2, 0) is 10.1 Å². The van der Waals surface area contributed by atoms with E-state index in [-0.39, 0.29) is 10.6 Å². The molecule has 92 valence electrons. The summed E-state index contributed by atoms with van der Waals surface area (Å²) in [7, 11) is 1.30. The van der Waals surface area contributed by atoms with Gasteiger partial charge in [0.2, 0.25) is 0 Å². The predicted molar refractivity (Wildman–Crippen MR) is 73.1 cm³/mol. The van der Waals surface area contributed by atoms with Crippen molar-refractivity contribution in [1.29, 1.82) is 0 Å². The standard InChI is InChI=1S/C12H12Br2O3/c1-7(14)11(15)10-8(6-13)4-3-5-9(10)12(16)17-2/h3-5,7H,6H2,1-2H3. The normalized spacial score (nSPS) is 12.0. The molecule has 0 bridgehead atoms. The largest absolute Gasteiger partial charge is 0.465 e. The van der Waals surface area contributed by atoms with E-state index >= 15 is 0 Å². The van der Waals surface area contributed by atoms with Gasteiger partial charge in [-0.1, -0.05) is 44.0 Å². The number of ether oxygens (including phenoxy) is 1. The maximum Gasteiger partial charge on any atom is 0.338 e. The van der Waals surface area contributed by atoms with Gasteiger partial charge in [-0.15, -0.1) is 0 Å². The van der Waals surface area contributed by atoms with Crippen LogP contribution in [-0.4, -0.2) is 23.7 Å². The number of carbonyl (C=O) groups is 2. The number of hydrogen-bond acceptors (Lipinski definition) is 3. The molecule has 0 fully saturated rings. The molecule has 0 amide bonds. The molecule has 1 aromatic carbocycles. The fraction of sp³-hybridized carbons (Fsp3) is 0.333. The summed E-state index contributed by atoms with van der Waals surface area (Å²) >= 11 is 6.54. The quantitative estimate of drug-likeness (QED) is 0.468. The summed E-state index contributed by atoms with van der Waals surface area (Å²) in [4.78, 5) is 23.4. The minimum atomic E-state index is -0.496. The topological polar surface area (TPSA) is 43.4 Å². The Morgan fingerprint density at radius 3 is 2.53 bits per heavy atom. The van der Waals surface area contributed by atoms with Gasteiger partial charge in [0, 0.05) is 10.9 Å². The van der Waals surface area contributed by atoms with Crippen LogP contribution in [0.2, 0.25) is 0 Å². The van der Waals surface area contributed by atoms with Gasteiger partial charge >= 0.3 is 5.97 Å². The third kappa shape index (κ3) is 3.16. The fourth-order valence-electron chi connectivity index (χ4n) is 1.48. The van der Waals surface area contributed by atoms with E-state index in [1.165, 1.54) is 7.11 Å². The molecule has 0 aliphatic rings. The molecule has 0 aromatic heterocycles. The molecule has 3 nitrogen and oxygen atoms in total. The van der Waals surface area contributed by atoms with Crippen molar-refractivity contribution in [2.75, 3.05) is 7.11 Å². The Balaban J connectivity index is 3.40. The number of benzene rings is 1. The van der Waals surface area contributed by atoms with Crippen molar-refractivity contribution in [2.45, 2.75) is 17.1 Å². The predicted octanol–water partition coefficient (Wildman–Crippen LogP) is 3.33. The van der Waals surface area contributed by atoms with Gasteiger partial charge in [-0.25, -0.2) is 4.79 Å². The zero-order valence-corrected chi connectivity index (χ0v) is 12.7. The fourth-order valence-corrected chi connectivity index (χ4v) is 2.18. The lowest BCUT2D eigenvalue weighted by atomic mass is 9.97. The van der Waals surface area contributed by atoms with Crippen molar-refractivity contribution in [3.63, 3.8) is 0 Å². The summed E-state index contributed by atoms with van der Waals surface area (Å²) in [5.74, 6) is -0.621. The van der Waals surface area contributed by atoms with E-state index < -0.39 is 5.97 Å². The Hall–Kier alpha value is -0.680. The number of halogens is 2. The van der Waals surface area contributed by atoms with Crippen molar-refractivity contribution in [3.8, 4) is 0 Å². The molecular formula is C12H12Br2O3. The molecule has 0 saturated carbocycles. The maximum atomic E-state index is 12.1. The zero-order valence-electron chi connectivity index (χ0n) is 9.50. The van der Waals surface area contributed by atoms with Gasteiger partial charge in [-0.05, 0) is 18.6 Å². The zero-order chi connectivity index (χ0) is 13.0. The molecule has 0 aliphatic heterocycles. The number of hydrogen-bond donors (Lipinski definition) is 0. The van der Waals surface area contributed by atoms with Gasteiger partial charge in [0.05, 0.1) is 17.5 Å². The maximum absolute atomic E-state index is 12.1. The van der Waals surface area contributed by atoms with Crippen LogP contribution < -0.4 is 0 Å². The summed E-state index contributed by atoms with van der Waals surface area (Å²) in [6, 6.07) is 5.14. The first kappa shape index (κ1) is 14.4. The molecule has 0 heterocycles. The highest BCUT2D eigenvalue weighted by Gasteiger charge is 2.23. The second kappa shape index (κ2) is 6.31. The summed E-state index contributed by atoms with van der Waals surface area (Å²) in [5, 5.41) is 0.513. The number of ketones is 1. The van der Waals surface area contributed by atoms with Crippen LogP contribution in [0.4, 0.5) is 0 Å². The van der Waals surface area contributed by atoms with Crippen LogP contribution >= 0.6 is 31.9 Å². The molecule has 0 radical (unpaired) electrons. The first-order chi connectivity index (χ1) is 8.02. The lowest BCUT2D eigenvalue weighted by Crippen LogP contribution is -2.18. The first-order valence-corrected chi connectivity index (χ1v) is 7.01. The van der Waals surface area contributed by atoms with Crippen LogP contribution in [0.5, 0.6) is 0 Å². The molecule has 17 heavy (non-hydrogen) atoms. The highest BCUT2D eigenvalue weighted by molar-refractivity contribution is 9.10. The Bertz CT molecular complexity index is 441. The van der Waals surface area contributed by atoms with E-state index in [2.05, 4.69) is 36.6 Å². The van der Waals surface area contributed by atoms with Crippen LogP contribution in [0.25, 0.3) is 0 Å². The number of rotatable bonds is 4. The average molecular weight is 364 g/mol. The molecule has 1 unspecified atom stereocenters. The van der Waals surface area contributed by atoms with E-state index in [0.29, 0.717) is 16.5 Å². The number of alkyl halides is 2. The summed E-state index contributed by atoms with van der Waals surface area (Å²) in [5.41, 5.74) is 1.51. The Kier molecular flexibility index (Phi) is 5.33. The number of carbonyl (C=O) groups excluding carboxylic acids is 2. The molecule has 1 rings (SSSR count). The summed E-state index contributed by atoms with van der Waals surface area (Å²) < 4.78 is 4.68. The van der Waals surface area contributed by atoms with Gasteiger partial charge in [-0.2, -0.15) is 0 Å². The van der Waals surface area contributed by atoms with Crippen LogP contribution in [0.1, 0.15) is 33.2 Å². The third-order valence-corrected chi connectivity index (χ3v) is 3.33. The lowest BCUT2D eigenvalue weighted by molar-refractivity contribution is 0.0597. The Morgan fingerprint density at radius 2 is 2.06 bits per heavy atom. The van der Waals surface area contributed by atoms with E-state index in [0.717, 1.165) is 5.56 Å². The van der Waals surface area contributed by atoms with Gasteiger partial charge < -0.3 is 4.74 Å². The molecular weight excluding hydrogens is 352 g/mol. The SMILES string of the molecule is COC(=O)c1cccc(CBr)c1C(=O)C(C)Br. The van der Waals surface area contributed by atoms with Crippen LogP contribution in [0, 0.1) is 0 Å². The molecule has 1 atom stereocenters. The van der Waals surface area contributed by atoms with Crippen LogP contribution in [0.3, 0.4) is 0 Å². The second-order valence-corrected chi connectivity index (χ2v) is 5.38. The minimum absolute atomic E-state index is 0.125. The van der Waals surface area contributed by atoms with Crippen molar-refractivity contribution in [2.24, 2.45) is 0 Å². The lowest BCUT2D eigenvalue weighted by Gasteiger charge is -2.12. The highest BCUT2D eigenvalue weighted by atomic mass is 79.9. The van der Waals surface area contributed by atoms with E-state index in [4.69, 9.17) is 0 Å². The first-order valence-electron chi connectivity index (χ1n) is 4.97. The molecule has 0 aliphatic carbocycles. The van der Waals surface area contributed by atoms with E-state index in [1.807, 2.05) is 6.07 Å². The molecule has 0 N–H and O–H groups in total. The van der Waals surface area contributed by atoms with E-state index in [1.54, 1.807) is 19.1 Å². The Labute approximate surface area is 117 Å². The van der Waals surface area contributed by atoms with Crippen molar-refractivity contribution < 1.29 is 14.3 Å². The van der Waals surface area contributed by atoms with Crippen LogP contribution in [0.15, 0.2) is 18.2 Å². The summed E-state index contributed by atoms with van der Waals surface area (Å²) in [6.45, 7) is 1.73. The van der Waals surface area contributed by atoms with Gasteiger partial charge in [0.15, 0.2) is 5.78 Å². The highest BCUT2D eigenvalue weighted by Crippen LogP contribution is 2.22. The van der Waals surface area contributed by atoms with Crippen molar-refractivity contribution in [1.82, 2.24) is 0 Å². The van der Waals surface area contributed by atoms with Crippen molar-refractivity contribution in [3.05, 3.63) is 34.9 Å². The summed E-state index contributed by atoms with van der Waals surface area (Å²) in [6.07, 6.45) is 0. The molecule has 0 saturated heterocycles. The van der Waals surface area contributed by atoms with Gasteiger partial charge in [-0.3, -0.25) is 4.79 Å². The van der Waals surface area contributed by atoms with Gasteiger partial charge in [0.1, 0.15) is 0 Å². The number of Topliss-reactive ketones (excluding diaryl/α,β-unsaturated/α-hetero) is 1. The molecule has 5 heteroatoms.